The third kappa shape index (κ3) is 2.84. The van der Waals surface area contributed by atoms with Gasteiger partial charge in [0.05, 0.1) is 0 Å². The van der Waals surface area contributed by atoms with Crippen molar-refractivity contribution in [3.63, 3.8) is 0 Å². The van der Waals surface area contributed by atoms with Crippen LogP contribution in [0.25, 0.3) is 0 Å². The molecule has 0 bridgehead atoms. The Balaban J connectivity index is 2.21. The zero-order valence-corrected chi connectivity index (χ0v) is 7.97. The predicted octanol–water partition coefficient (Wildman–Crippen LogP) is 3.82. The maximum atomic E-state index is 2.34. The van der Waals surface area contributed by atoms with Crippen molar-refractivity contribution in [2.24, 2.45) is 11.8 Å². The smallest absolute Gasteiger partial charge is 0.0409 e. The highest BCUT2D eigenvalue weighted by Gasteiger charge is 2.19. The van der Waals surface area contributed by atoms with E-state index in [9.17, 15) is 0 Å². The summed E-state index contributed by atoms with van der Waals surface area (Å²) in [5.41, 5.74) is 0. The highest BCUT2D eigenvalue weighted by molar-refractivity contribution is 4.75. The van der Waals surface area contributed by atoms with Crippen LogP contribution in [0.5, 0.6) is 0 Å². The quantitative estimate of drug-likeness (QED) is 0.578. The van der Waals surface area contributed by atoms with Crippen LogP contribution >= 0.6 is 0 Å². The Hall–Kier alpha value is 0. The van der Waals surface area contributed by atoms with E-state index in [1.807, 2.05) is 0 Å². The van der Waals surface area contributed by atoms with E-state index in [4.69, 9.17) is 0 Å². The summed E-state index contributed by atoms with van der Waals surface area (Å²) in [5, 5.41) is 0. The summed E-state index contributed by atoms with van der Waals surface area (Å²) >= 11 is 0. The van der Waals surface area contributed by atoms with Crippen LogP contribution in [0.1, 0.15) is 52.4 Å². The Kier molecular flexibility index (Phi) is 3.96. The molecular formula is C11H21. The second kappa shape index (κ2) is 4.79. The monoisotopic (exact) mass is 153 g/mol. The highest BCUT2D eigenvalue weighted by Crippen LogP contribution is 2.32. The van der Waals surface area contributed by atoms with Gasteiger partial charge in [-0.05, 0) is 31.1 Å². The first-order valence-electron chi connectivity index (χ1n) is 5.14. The van der Waals surface area contributed by atoms with Gasteiger partial charge >= 0.3 is 0 Å². The minimum absolute atomic E-state index is 1.03. The summed E-state index contributed by atoms with van der Waals surface area (Å²) in [7, 11) is 0. The molecule has 0 amide bonds. The summed E-state index contributed by atoms with van der Waals surface area (Å²) in [6.45, 7) is 4.53. The van der Waals surface area contributed by atoms with Crippen LogP contribution in [0.3, 0.4) is 0 Å². The van der Waals surface area contributed by atoms with Gasteiger partial charge in [-0.15, -0.1) is 0 Å². The van der Waals surface area contributed by atoms with Gasteiger partial charge in [-0.1, -0.05) is 39.5 Å². The Morgan fingerprint density at radius 2 is 2.00 bits per heavy atom. The molecule has 0 aromatic carbocycles. The van der Waals surface area contributed by atoms with Gasteiger partial charge in [0, 0.05) is 0 Å². The maximum absolute atomic E-state index is 2.34. The highest BCUT2D eigenvalue weighted by atomic mass is 14.2. The molecule has 0 spiro atoms. The minimum atomic E-state index is 1.03. The Labute approximate surface area is 71.4 Å². The van der Waals surface area contributed by atoms with Crippen LogP contribution in [0.4, 0.5) is 0 Å². The van der Waals surface area contributed by atoms with Gasteiger partial charge in [0.15, 0.2) is 0 Å². The van der Waals surface area contributed by atoms with E-state index in [1.54, 1.807) is 0 Å². The molecule has 1 rings (SSSR count). The van der Waals surface area contributed by atoms with E-state index in [1.165, 1.54) is 38.5 Å². The molecule has 0 nitrogen and oxygen atoms in total. The van der Waals surface area contributed by atoms with Gasteiger partial charge < -0.3 is 0 Å². The Bertz CT molecular complexity index is 94.2. The first kappa shape index (κ1) is 9.09. The molecular weight excluding hydrogens is 132 g/mol. The molecule has 1 saturated carbocycles. The average Bonchev–Trinajstić information content (AvgIpc) is 2.06. The third-order valence-corrected chi connectivity index (χ3v) is 3.04. The third-order valence-electron chi connectivity index (χ3n) is 3.04. The van der Waals surface area contributed by atoms with Gasteiger partial charge in [-0.25, -0.2) is 0 Å². The van der Waals surface area contributed by atoms with Gasteiger partial charge in [0.1, 0.15) is 0 Å². The van der Waals surface area contributed by atoms with Gasteiger partial charge in [0.25, 0.3) is 0 Å². The van der Waals surface area contributed by atoms with Crippen molar-refractivity contribution in [3.05, 3.63) is 6.42 Å². The van der Waals surface area contributed by atoms with Crippen molar-refractivity contribution < 1.29 is 0 Å². The topological polar surface area (TPSA) is 0 Å². The van der Waals surface area contributed by atoms with E-state index >= 15 is 0 Å². The van der Waals surface area contributed by atoms with Gasteiger partial charge in [0.2, 0.25) is 0 Å². The summed E-state index contributed by atoms with van der Waals surface area (Å²) < 4.78 is 0. The van der Waals surface area contributed by atoms with Crippen molar-refractivity contribution in [2.45, 2.75) is 52.4 Å². The number of hydrogen-bond donors (Lipinski definition) is 0. The van der Waals surface area contributed by atoms with Crippen LogP contribution in [-0.2, 0) is 0 Å². The van der Waals surface area contributed by atoms with E-state index in [0.717, 1.165) is 11.8 Å². The zero-order chi connectivity index (χ0) is 8.10. The second-order valence-electron chi connectivity index (χ2n) is 3.95. The SMILES string of the molecule is C[CH]CC1CCCC(CC)C1. The van der Waals surface area contributed by atoms with E-state index in [0.29, 0.717) is 0 Å². The maximum Gasteiger partial charge on any atom is -0.0409 e. The van der Waals surface area contributed by atoms with E-state index in [-0.39, 0.29) is 0 Å². The Morgan fingerprint density at radius 1 is 1.27 bits per heavy atom. The van der Waals surface area contributed by atoms with Gasteiger partial charge in [-0.2, -0.15) is 0 Å². The molecule has 2 unspecified atom stereocenters. The molecule has 0 saturated heterocycles. The fraction of sp³-hybridized carbons (Fsp3) is 0.909. The minimum Gasteiger partial charge on any atom is -0.0651 e. The molecule has 2 atom stereocenters. The first-order valence-corrected chi connectivity index (χ1v) is 5.14. The molecule has 1 aliphatic carbocycles. The van der Waals surface area contributed by atoms with Crippen LogP contribution in [0, 0.1) is 18.3 Å². The molecule has 1 aliphatic rings. The lowest BCUT2D eigenvalue weighted by Crippen LogP contribution is -2.14. The summed E-state index contributed by atoms with van der Waals surface area (Å²) in [4.78, 5) is 0. The number of hydrogen-bond acceptors (Lipinski definition) is 0. The van der Waals surface area contributed by atoms with Crippen molar-refractivity contribution >= 4 is 0 Å². The van der Waals surface area contributed by atoms with E-state index in [2.05, 4.69) is 20.3 Å². The van der Waals surface area contributed by atoms with Crippen molar-refractivity contribution in [2.75, 3.05) is 0 Å². The van der Waals surface area contributed by atoms with Gasteiger partial charge in [-0.3, -0.25) is 0 Å². The zero-order valence-electron chi connectivity index (χ0n) is 7.97. The summed E-state index contributed by atoms with van der Waals surface area (Å²) in [5.74, 6) is 2.08. The van der Waals surface area contributed by atoms with Crippen LogP contribution in [0.15, 0.2) is 0 Å². The van der Waals surface area contributed by atoms with Crippen LogP contribution in [0.2, 0.25) is 0 Å². The molecule has 0 heterocycles. The molecule has 1 radical (unpaired) electrons. The average molecular weight is 153 g/mol. The summed E-state index contributed by atoms with van der Waals surface area (Å²) in [6, 6.07) is 0. The van der Waals surface area contributed by atoms with Crippen molar-refractivity contribution in [3.8, 4) is 0 Å². The lowest BCUT2D eigenvalue weighted by Gasteiger charge is -2.27. The lowest BCUT2D eigenvalue weighted by atomic mass is 9.78. The summed E-state index contributed by atoms with van der Waals surface area (Å²) in [6.07, 6.45) is 11.1. The molecule has 0 aromatic heterocycles. The van der Waals surface area contributed by atoms with E-state index < -0.39 is 0 Å². The fourth-order valence-corrected chi connectivity index (χ4v) is 2.32. The molecule has 65 valence electrons. The van der Waals surface area contributed by atoms with Crippen LogP contribution < -0.4 is 0 Å². The molecule has 0 aliphatic heterocycles. The fourth-order valence-electron chi connectivity index (χ4n) is 2.32. The Morgan fingerprint density at radius 3 is 2.64 bits per heavy atom. The van der Waals surface area contributed by atoms with Crippen molar-refractivity contribution in [1.29, 1.82) is 0 Å². The normalized spacial score (nSPS) is 32.2. The van der Waals surface area contributed by atoms with Crippen molar-refractivity contribution in [1.82, 2.24) is 0 Å². The molecule has 0 N–H and O–H groups in total. The molecule has 0 aromatic rings. The molecule has 0 heteroatoms. The largest absolute Gasteiger partial charge is 0.0651 e. The second-order valence-corrected chi connectivity index (χ2v) is 3.95. The van der Waals surface area contributed by atoms with Crippen LogP contribution in [-0.4, -0.2) is 0 Å². The molecule has 1 fully saturated rings. The first-order chi connectivity index (χ1) is 5.36. The molecule has 11 heavy (non-hydrogen) atoms. The standard InChI is InChI=1S/C11H21/c1-3-6-11-8-5-7-10(4-2)9-11/h3,10-11H,4-9H2,1-2H3. The lowest BCUT2D eigenvalue weighted by molar-refractivity contribution is 0.258. The predicted molar refractivity (Wildman–Crippen MR) is 50.3 cm³/mol. The number of rotatable bonds is 3.